The fraction of sp³-hybridized carbons (Fsp3) is 0.360. The molecule has 0 unspecified atom stereocenters. The first kappa shape index (κ1) is 20.7. The number of aromatic nitrogens is 2. The summed E-state index contributed by atoms with van der Waals surface area (Å²) >= 11 is 6.16. The summed E-state index contributed by atoms with van der Waals surface area (Å²) in [7, 11) is 0. The molecular weight excluding hydrogens is 394 g/mol. The van der Waals surface area contributed by atoms with E-state index in [0.29, 0.717) is 16.6 Å². The Morgan fingerprint density at radius 2 is 1.87 bits per heavy atom. The monoisotopic (exact) mass is 421 g/mol. The Hall–Kier alpha value is -2.59. The lowest BCUT2D eigenvalue weighted by Crippen LogP contribution is -2.43. The predicted octanol–water partition coefficient (Wildman–Crippen LogP) is 6.14. The number of carbonyl (C=O) groups excluding carboxylic acids is 1. The molecule has 3 aromatic rings. The van der Waals surface area contributed by atoms with Crippen molar-refractivity contribution in [2.75, 3.05) is 0 Å². The van der Waals surface area contributed by atoms with E-state index in [4.69, 9.17) is 11.6 Å². The average molecular weight is 422 g/mol. The van der Waals surface area contributed by atoms with Crippen molar-refractivity contribution in [2.24, 2.45) is 11.3 Å². The molecule has 0 aliphatic heterocycles. The van der Waals surface area contributed by atoms with Crippen molar-refractivity contribution in [1.29, 1.82) is 0 Å². The minimum Gasteiger partial charge on any atom is -0.348 e. The molecular formula is C25H28ClN3O. The Bertz CT molecular complexity index is 1060. The van der Waals surface area contributed by atoms with Gasteiger partial charge in [-0.25, -0.2) is 4.98 Å². The summed E-state index contributed by atoms with van der Waals surface area (Å²) in [6.45, 7) is 6.84. The Balaban J connectivity index is 1.58. The third-order valence-corrected chi connectivity index (χ3v) is 6.11. The first-order chi connectivity index (χ1) is 14.3. The molecule has 1 saturated carbocycles. The number of hydrogen-bond donors (Lipinski definition) is 1. The molecule has 1 aromatic heterocycles. The molecule has 5 heteroatoms. The maximum atomic E-state index is 13.1. The van der Waals surface area contributed by atoms with Crippen LogP contribution in [0.5, 0.6) is 0 Å². The van der Waals surface area contributed by atoms with Crippen LogP contribution in [-0.4, -0.2) is 21.5 Å². The molecule has 0 radical (unpaired) electrons. The molecule has 1 N–H and O–H groups in total. The fourth-order valence-corrected chi connectivity index (χ4v) is 5.08. The van der Waals surface area contributed by atoms with Crippen LogP contribution in [0.1, 0.15) is 50.5 Å². The summed E-state index contributed by atoms with van der Waals surface area (Å²) in [4.78, 5) is 17.3. The van der Waals surface area contributed by atoms with Crippen LogP contribution in [0.15, 0.2) is 61.1 Å². The second-order valence-corrected chi connectivity index (χ2v) is 9.73. The van der Waals surface area contributed by atoms with E-state index in [1.54, 1.807) is 12.5 Å². The van der Waals surface area contributed by atoms with E-state index in [-0.39, 0.29) is 17.4 Å². The molecule has 2 atom stereocenters. The average Bonchev–Trinajstić information content (AvgIpc) is 3.16. The Labute approximate surface area is 183 Å². The molecule has 156 valence electrons. The molecule has 1 fully saturated rings. The smallest absolute Gasteiger partial charge is 0.270 e. The van der Waals surface area contributed by atoms with Gasteiger partial charge in [-0.15, -0.1) is 0 Å². The Kier molecular flexibility index (Phi) is 5.70. The third kappa shape index (κ3) is 4.59. The quantitative estimate of drug-likeness (QED) is 0.550. The van der Waals surface area contributed by atoms with Gasteiger partial charge in [-0.3, -0.25) is 9.36 Å². The fourth-order valence-electron chi connectivity index (χ4n) is 4.89. The van der Waals surface area contributed by atoms with Gasteiger partial charge in [0.25, 0.3) is 5.91 Å². The summed E-state index contributed by atoms with van der Waals surface area (Å²) in [5.74, 6) is 0.536. The number of nitrogens with zero attached hydrogens (tertiary/aromatic N) is 2. The number of nitrogens with one attached hydrogen (secondary N) is 1. The molecule has 1 amide bonds. The van der Waals surface area contributed by atoms with Gasteiger partial charge < -0.3 is 5.32 Å². The highest BCUT2D eigenvalue weighted by atomic mass is 35.5. The summed E-state index contributed by atoms with van der Waals surface area (Å²) in [5, 5.41) is 3.95. The van der Waals surface area contributed by atoms with Crippen LogP contribution in [0, 0.1) is 11.3 Å². The van der Waals surface area contributed by atoms with Crippen LogP contribution in [0.4, 0.5) is 0 Å². The van der Waals surface area contributed by atoms with Crippen molar-refractivity contribution < 1.29 is 4.79 Å². The number of carbonyl (C=O) groups is 1. The molecule has 1 heterocycles. The van der Waals surface area contributed by atoms with Crippen LogP contribution in [0.2, 0.25) is 5.02 Å². The maximum Gasteiger partial charge on any atom is 0.270 e. The Morgan fingerprint density at radius 1 is 1.13 bits per heavy atom. The van der Waals surface area contributed by atoms with Crippen molar-refractivity contribution >= 4 is 17.5 Å². The highest BCUT2D eigenvalue weighted by Crippen LogP contribution is 2.38. The number of hydrogen-bond acceptors (Lipinski definition) is 2. The third-order valence-electron chi connectivity index (χ3n) is 5.88. The molecule has 1 aliphatic rings. The summed E-state index contributed by atoms with van der Waals surface area (Å²) in [5.41, 5.74) is 3.77. The SMILES string of the molecule is C[C@@H]1C[C@H](NC(=O)c2cncn2-c2cccc(-c3cccc(Cl)c3)c2)CC(C)(C)C1. The van der Waals surface area contributed by atoms with E-state index >= 15 is 0 Å². The van der Waals surface area contributed by atoms with Crippen LogP contribution in [0.3, 0.4) is 0 Å². The number of imidazole rings is 1. The zero-order valence-electron chi connectivity index (χ0n) is 17.7. The van der Waals surface area contributed by atoms with Gasteiger partial charge in [0.05, 0.1) is 12.5 Å². The molecule has 4 nitrogen and oxygen atoms in total. The van der Waals surface area contributed by atoms with Gasteiger partial charge >= 0.3 is 0 Å². The van der Waals surface area contributed by atoms with E-state index in [1.807, 2.05) is 47.0 Å². The van der Waals surface area contributed by atoms with Gasteiger partial charge in [0, 0.05) is 16.8 Å². The summed E-state index contributed by atoms with van der Waals surface area (Å²) in [6, 6.07) is 16.0. The van der Waals surface area contributed by atoms with Gasteiger partial charge in [-0.1, -0.05) is 56.6 Å². The molecule has 1 aliphatic carbocycles. The van der Waals surface area contributed by atoms with Crippen LogP contribution < -0.4 is 5.32 Å². The maximum absolute atomic E-state index is 13.1. The minimum absolute atomic E-state index is 0.0736. The normalized spacial score (nSPS) is 20.7. The zero-order chi connectivity index (χ0) is 21.3. The number of rotatable bonds is 4. The Morgan fingerprint density at radius 3 is 2.60 bits per heavy atom. The molecule has 2 aromatic carbocycles. The van der Waals surface area contributed by atoms with Gasteiger partial charge in [0.1, 0.15) is 5.69 Å². The first-order valence-corrected chi connectivity index (χ1v) is 10.9. The number of amides is 1. The lowest BCUT2D eigenvalue weighted by molar-refractivity contribution is 0.0867. The standard InChI is InChI=1S/C25H28ClN3O/c1-17-10-21(14-25(2,3)13-17)28-24(30)23-15-27-16-29(23)22-9-5-7-19(12-22)18-6-4-8-20(26)11-18/h4-9,11-12,15-17,21H,10,13-14H2,1-3H3,(H,28,30)/t17-,21+/m1/s1. The first-order valence-electron chi connectivity index (χ1n) is 10.5. The van der Waals surface area contributed by atoms with E-state index in [0.717, 1.165) is 29.7 Å². The summed E-state index contributed by atoms with van der Waals surface area (Å²) in [6.07, 6.45) is 6.56. The van der Waals surface area contributed by atoms with E-state index < -0.39 is 0 Å². The highest BCUT2D eigenvalue weighted by molar-refractivity contribution is 6.30. The van der Waals surface area contributed by atoms with Crippen LogP contribution >= 0.6 is 11.6 Å². The van der Waals surface area contributed by atoms with Crippen molar-refractivity contribution in [2.45, 2.75) is 46.1 Å². The number of benzene rings is 2. The van der Waals surface area contributed by atoms with E-state index in [2.05, 4.69) is 37.1 Å². The van der Waals surface area contributed by atoms with E-state index in [9.17, 15) is 4.79 Å². The van der Waals surface area contributed by atoms with Crippen molar-refractivity contribution in [1.82, 2.24) is 14.9 Å². The molecule has 0 saturated heterocycles. The van der Waals surface area contributed by atoms with Gasteiger partial charge in [0.15, 0.2) is 0 Å². The number of halogens is 1. The molecule has 0 spiro atoms. The van der Waals surface area contributed by atoms with Gasteiger partial charge in [-0.05, 0) is 66.0 Å². The minimum atomic E-state index is -0.0736. The van der Waals surface area contributed by atoms with Crippen LogP contribution in [0.25, 0.3) is 16.8 Å². The zero-order valence-corrected chi connectivity index (χ0v) is 18.5. The second kappa shape index (κ2) is 8.27. The predicted molar refractivity (Wildman–Crippen MR) is 122 cm³/mol. The van der Waals surface area contributed by atoms with Crippen LogP contribution in [-0.2, 0) is 0 Å². The highest BCUT2D eigenvalue weighted by Gasteiger charge is 2.33. The van der Waals surface area contributed by atoms with Gasteiger partial charge in [-0.2, -0.15) is 0 Å². The largest absolute Gasteiger partial charge is 0.348 e. The van der Waals surface area contributed by atoms with Crippen molar-refractivity contribution in [3.8, 4) is 16.8 Å². The molecule has 4 rings (SSSR count). The molecule has 30 heavy (non-hydrogen) atoms. The second-order valence-electron chi connectivity index (χ2n) is 9.29. The lowest BCUT2D eigenvalue weighted by Gasteiger charge is -2.39. The topological polar surface area (TPSA) is 46.9 Å². The lowest BCUT2D eigenvalue weighted by atomic mass is 9.70. The van der Waals surface area contributed by atoms with Gasteiger partial charge in [0.2, 0.25) is 0 Å². The summed E-state index contributed by atoms with van der Waals surface area (Å²) < 4.78 is 1.85. The molecule has 0 bridgehead atoms. The van der Waals surface area contributed by atoms with Crippen molar-refractivity contribution in [3.63, 3.8) is 0 Å². The van der Waals surface area contributed by atoms with Crippen molar-refractivity contribution in [3.05, 3.63) is 71.8 Å². The van der Waals surface area contributed by atoms with E-state index in [1.165, 1.54) is 6.42 Å².